The number of carbonyl (C=O) groups is 1. The predicted octanol–water partition coefficient (Wildman–Crippen LogP) is 4.40. The summed E-state index contributed by atoms with van der Waals surface area (Å²) in [6.45, 7) is 10.5. The lowest BCUT2D eigenvalue weighted by molar-refractivity contribution is -0.884. The molecule has 4 heteroatoms. The van der Waals surface area contributed by atoms with Gasteiger partial charge in [-0.1, -0.05) is 110 Å². The Morgan fingerprint density at radius 1 is 0.733 bits per heavy atom. The van der Waals surface area contributed by atoms with Gasteiger partial charge in [-0.25, -0.2) is 0 Å². The molecule has 0 unspecified atom stereocenters. The van der Waals surface area contributed by atoms with Gasteiger partial charge in [-0.15, -0.1) is 0 Å². The molecule has 0 aliphatic heterocycles. The average Bonchev–Trinajstić information content (AvgIpc) is 2.65. The van der Waals surface area contributed by atoms with Crippen LogP contribution in [-0.4, -0.2) is 37.6 Å². The molecule has 0 aliphatic carbocycles. The van der Waals surface area contributed by atoms with Gasteiger partial charge in [0.15, 0.2) is 0 Å². The molecule has 0 rings (SSSR count). The molecule has 0 heterocycles. The number of rotatable bonds is 20. The topological polar surface area (TPSA) is 43.1 Å². The second-order valence-corrected chi connectivity index (χ2v) is 9.30. The monoisotopic (exact) mass is 446 g/mol. The maximum atomic E-state index is 10.6. The van der Waals surface area contributed by atoms with Gasteiger partial charge in [-0.3, -0.25) is 4.79 Å². The molecule has 0 radical (unpaired) electrons. The minimum atomic E-state index is -0.153. The summed E-state index contributed by atoms with van der Waals surface area (Å²) in [5.41, 5.74) is 5.11. The van der Waals surface area contributed by atoms with E-state index in [-0.39, 0.29) is 18.3 Å². The lowest BCUT2D eigenvalue weighted by Crippen LogP contribution is -3.00. The second kappa shape index (κ2) is 26.5. The van der Waals surface area contributed by atoms with Crippen molar-refractivity contribution in [1.82, 2.24) is 0 Å². The Morgan fingerprint density at radius 3 is 1.40 bits per heavy atom. The molecule has 0 fully saturated rings. The molecule has 0 aromatic heterocycles. The molecule has 0 atom stereocenters. The van der Waals surface area contributed by atoms with E-state index in [4.69, 9.17) is 5.73 Å². The van der Waals surface area contributed by atoms with Crippen LogP contribution in [0.3, 0.4) is 0 Å². The highest BCUT2D eigenvalue weighted by Gasteiger charge is 2.08. The third-order valence-electron chi connectivity index (χ3n) is 5.48. The quantitative estimate of drug-likeness (QED) is 0.168. The predicted molar refractivity (Wildman–Crippen MR) is 131 cm³/mol. The van der Waals surface area contributed by atoms with Crippen molar-refractivity contribution in [3.05, 3.63) is 12.7 Å². The fourth-order valence-corrected chi connectivity index (χ4v) is 3.72. The van der Waals surface area contributed by atoms with Gasteiger partial charge in [-0.05, 0) is 18.9 Å². The smallest absolute Gasteiger partial charge is 0.217 e. The van der Waals surface area contributed by atoms with Crippen molar-refractivity contribution in [2.45, 2.75) is 123 Å². The van der Waals surface area contributed by atoms with Crippen LogP contribution in [0.2, 0.25) is 0 Å². The molecule has 0 aromatic rings. The minimum Gasteiger partial charge on any atom is -1.00 e. The molecule has 0 bridgehead atoms. The van der Waals surface area contributed by atoms with Crippen molar-refractivity contribution in [3.8, 4) is 0 Å². The van der Waals surface area contributed by atoms with E-state index in [1.165, 1.54) is 103 Å². The number of quaternary nitrogens is 1. The molecule has 0 saturated heterocycles. The second-order valence-electron chi connectivity index (χ2n) is 9.30. The van der Waals surface area contributed by atoms with Gasteiger partial charge in [0.25, 0.3) is 0 Å². The third-order valence-corrected chi connectivity index (χ3v) is 5.48. The molecule has 2 N–H and O–H groups in total. The summed E-state index contributed by atoms with van der Waals surface area (Å²) in [4.78, 5) is 10.6. The van der Waals surface area contributed by atoms with E-state index in [9.17, 15) is 4.79 Å². The van der Waals surface area contributed by atoms with Crippen LogP contribution >= 0.6 is 0 Å². The van der Waals surface area contributed by atoms with Crippen LogP contribution < -0.4 is 18.1 Å². The van der Waals surface area contributed by atoms with Crippen LogP contribution in [0.4, 0.5) is 0 Å². The zero-order valence-electron chi connectivity index (χ0n) is 21.0. The van der Waals surface area contributed by atoms with Crippen LogP contribution in [0.5, 0.6) is 0 Å². The maximum absolute atomic E-state index is 10.6. The van der Waals surface area contributed by atoms with Crippen molar-refractivity contribution in [3.63, 3.8) is 0 Å². The summed E-state index contributed by atoms with van der Waals surface area (Å²) in [5, 5.41) is 0. The van der Waals surface area contributed by atoms with E-state index in [1.54, 1.807) is 0 Å². The number of unbranched alkanes of at least 4 members (excludes halogenated alkanes) is 14. The number of hydrogen-bond acceptors (Lipinski definition) is 1. The normalized spacial score (nSPS) is 10.7. The Balaban J connectivity index is -0.000000616. The first-order chi connectivity index (χ1) is 13.9. The maximum Gasteiger partial charge on any atom is 0.217 e. The Labute approximate surface area is 196 Å². The van der Waals surface area contributed by atoms with Crippen molar-refractivity contribution >= 4 is 5.91 Å². The fraction of sp³-hybridized carbons (Fsp3) is 0.885. The molecule has 0 spiro atoms. The van der Waals surface area contributed by atoms with Crippen molar-refractivity contribution < 1.29 is 21.7 Å². The van der Waals surface area contributed by atoms with Crippen LogP contribution in [-0.2, 0) is 4.79 Å². The van der Waals surface area contributed by atoms with Gasteiger partial charge >= 0.3 is 0 Å². The summed E-state index contributed by atoms with van der Waals surface area (Å²) in [6.07, 6.45) is 24.1. The average molecular weight is 447 g/mol. The Hall–Kier alpha value is -0.540. The molecule has 0 aromatic carbocycles. The van der Waals surface area contributed by atoms with Gasteiger partial charge in [0.1, 0.15) is 0 Å². The highest BCUT2D eigenvalue weighted by Crippen LogP contribution is 2.13. The zero-order valence-corrected chi connectivity index (χ0v) is 21.8. The summed E-state index contributed by atoms with van der Waals surface area (Å²) in [5.74, 6) is -0.153. The largest absolute Gasteiger partial charge is 1.00 e. The molecular formula is C26H55ClN2O. The van der Waals surface area contributed by atoms with Gasteiger partial charge in [0.2, 0.25) is 5.91 Å². The van der Waals surface area contributed by atoms with Crippen molar-refractivity contribution in [2.24, 2.45) is 5.73 Å². The van der Waals surface area contributed by atoms with Crippen molar-refractivity contribution in [1.29, 1.82) is 0 Å². The molecule has 30 heavy (non-hydrogen) atoms. The van der Waals surface area contributed by atoms with Crippen LogP contribution in [0.15, 0.2) is 12.7 Å². The number of nitrogens with zero attached hydrogens (tertiary/aromatic N) is 1. The number of hydrogen-bond donors (Lipinski definition) is 1. The van der Waals surface area contributed by atoms with Gasteiger partial charge in [-0.2, -0.15) is 0 Å². The number of primary amides is 1. The molecular weight excluding hydrogens is 392 g/mol. The fourth-order valence-electron chi connectivity index (χ4n) is 3.72. The van der Waals surface area contributed by atoms with Gasteiger partial charge in [0.05, 0.1) is 27.2 Å². The number of nitrogens with two attached hydrogens (primary N) is 1. The Kier molecular flexibility index (Phi) is 30.1. The molecule has 0 saturated carbocycles. The van der Waals surface area contributed by atoms with E-state index in [1.807, 2.05) is 6.08 Å². The lowest BCUT2D eigenvalue weighted by atomic mass is 10.0. The zero-order chi connectivity index (χ0) is 22.2. The molecule has 3 nitrogen and oxygen atoms in total. The summed E-state index contributed by atoms with van der Waals surface area (Å²) < 4.78 is 1.07. The molecule has 1 amide bonds. The van der Waals surface area contributed by atoms with E-state index in [0.29, 0.717) is 6.42 Å². The number of amides is 1. The third kappa shape index (κ3) is 32.1. The Morgan fingerprint density at radius 2 is 1.10 bits per heavy atom. The number of likely N-dealkylation sites (N-methyl/N-ethyl adjacent to an activating group) is 1. The standard InChI is InChI=1S/C18H37NO.C8H18N.ClH/c1-2-3-4-5-6-7-8-9-10-11-12-13-14-15-16-17-18(19)20;1-5-7-9(3,4)8-6-2;/h2-17H2,1H3,(H2,19,20);5H,1,6-8H2,2-4H3;1H/q;+1;/p-1. The van der Waals surface area contributed by atoms with E-state index >= 15 is 0 Å². The highest BCUT2D eigenvalue weighted by molar-refractivity contribution is 5.73. The lowest BCUT2D eigenvalue weighted by Gasteiger charge is -2.27. The molecule has 0 aliphatic rings. The van der Waals surface area contributed by atoms with Gasteiger partial charge < -0.3 is 22.6 Å². The summed E-state index contributed by atoms with van der Waals surface area (Å²) in [6, 6.07) is 0. The summed E-state index contributed by atoms with van der Waals surface area (Å²) in [7, 11) is 4.45. The SMILES string of the molecule is C=CC[N+](C)(C)CCC.CCCCCCCCCCCCCCCCCC(N)=O.[Cl-]. The first-order valence-electron chi connectivity index (χ1n) is 12.6. The first-order valence-corrected chi connectivity index (χ1v) is 12.6. The number of halogens is 1. The van der Waals surface area contributed by atoms with Gasteiger partial charge in [0, 0.05) is 6.42 Å². The van der Waals surface area contributed by atoms with Crippen LogP contribution in [0.1, 0.15) is 123 Å². The van der Waals surface area contributed by atoms with Crippen LogP contribution in [0.25, 0.3) is 0 Å². The van der Waals surface area contributed by atoms with E-state index in [0.717, 1.165) is 17.4 Å². The highest BCUT2D eigenvalue weighted by atomic mass is 35.5. The van der Waals surface area contributed by atoms with E-state index in [2.05, 4.69) is 34.5 Å². The van der Waals surface area contributed by atoms with E-state index < -0.39 is 0 Å². The minimum absolute atomic E-state index is 0. The van der Waals surface area contributed by atoms with Crippen LogP contribution in [0, 0.1) is 0 Å². The first kappa shape index (κ1) is 34.1. The number of carbonyl (C=O) groups excluding carboxylic acids is 1. The summed E-state index contributed by atoms with van der Waals surface area (Å²) >= 11 is 0. The Bertz CT molecular complexity index is 359. The molecule has 182 valence electrons. The van der Waals surface area contributed by atoms with Crippen molar-refractivity contribution in [2.75, 3.05) is 27.2 Å².